The first-order valence-corrected chi connectivity index (χ1v) is 5.31. The molecule has 4 heteroatoms. The Morgan fingerprint density at radius 2 is 1.94 bits per heavy atom. The van der Waals surface area contributed by atoms with Gasteiger partial charge in [0, 0.05) is 24.7 Å². The van der Waals surface area contributed by atoms with E-state index in [-0.39, 0.29) is 11.8 Å². The van der Waals surface area contributed by atoms with Crippen LogP contribution in [0.1, 0.15) is 12.5 Å². The lowest BCUT2D eigenvalue weighted by molar-refractivity contribution is -0.121. The molecule has 1 rings (SSSR count). The van der Waals surface area contributed by atoms with Gasteiger partial charge in [-0.15, -0.1) is 0 Å². The molecule has 0 aliphatic heterocycles. The van der Waals surface area contributed by atoms with E-state index in [0.29, 0.717) is 6.54 Å². The fraction of sp³-hybridized carbons (Fsp3) is 0.417. The lowest BCUT2D eigenvalue weighted by Gasteiger charge is -2.19. The average Bonchev–Trinajstić information content (AvgIpc) is 2.21. The molecule has 0 bridgehead atoms. The SMILES string of the molecule is CC(CN(C)Cc1ccc(N)cc1)C(N)=O. The second-order valence-corrected chi connectivity index (χ2v) is 4.24. The maximum Gasteiger partial charge on any atom is 0.221 e. The smallest absolute Gasteiger partial charge is 0.221 e. The van der Waals surface area contributed by atoms with Gasteiger partial charge in [0.1, 0.15) is 0 Å². The highest BCUT2D eigenvalue weighted by Crippen LogP contribution is 2.08. The molecule has 0 saturated carbocycles. The quantitative estimate of drug-likeness (QED) is 0.723. The van der Waals surface area contributed by atoms with Crippen LogP contribution in [0, 0.1) is 5.92 Å². The van der Waals surface area contributed by atoms with Crippen molar-refractivity contribution in [3.8, 4) is 0 Å². The van der Waals surface area contributed by atoms with Gasteiger partial charge < -0.3 is 16.4 Å². The van der Waals surface area contributed by atoms with Crippen molar-refractivity contribution in [2.45, 2.75) is 13.5 Å². The second kappa shape index (κ2) is 5.51. The van der Waals surface area contributed by atoms with Crippen molar-refractivity contribution in [3.63, 3.8) is 0 Å². The lowest BCUT2D eigenvalue weighted by Crippen LogP contribution is -2.32. The summed E-state index contributed by atoms with van der Waals surface area (Å²) < 4.78 is 0. The van der Waals surface area contributed by atoms with Gasteiger partial charge in [-0.3, -0.25) is 4.79 Å². The van der Waals surface area contributed by atoms with E-state index in [1.54, 1.807) is 0 Å². The molecule has 4 N–H and O–H groups in total. The van der Waals surface area contributed by atoms with Crippen molar-refractivity contribution >= 4 is 11.6 Å². The summed E-state index contributed by atoms with van der Waals surface area (Å²) in [4.78, 5) is 13.0. The van der Waals surface area contributed by atoms with Crippen molar-refractivity contribution < 1.29 is 4.79 Å². The zero-order chi connectivity index (χ0) is 12.1. The van der Waals surface area contributed by atoms with Crippen LogP contribution in [0.4, 0.5) is 5.69 Å². The van der Waals surface area contributed by atoms with E-state index in [1.807, 2.05) is 38.2 Å². The Kier molecular flexibility index (Phi) is 4.31. The van der Waals surface area contributed by atoms with E-state index in [9.17, 15) is 4.79 Å². The van der Waals surface area contributed by atoms with Crippen LogP contribution < -0.4 is 11.5 Å². The second-order valence-electron chi connectivity index (χ2n) is 4.24. The van der Waals surface area contributed by atoms with Gasteiger partial charge in [-0.05, 0) is 24.7 Å². The number of primary amides is 1. The van der Waals surface area contributed by atoms with Crippen LogP contribution in [0.15, 0.2) is 24.3 Å². The summed E-state index contributed by atoms with van der Waals surface area (Å²) in [5.41, 5.74) is 12.8. The molecule has 0 heterocycles. The van der Waals surface area contributed by atoms with Gasteiger partial charge in [0.05, 0.1) is 0 Å². The first kappa shape index (κ1) is 12.5. The van der Waals surface area contributed by atoms with Crippen molar-refractivity contribution in [2.24, 2.45) is 11.7 Å². The Morgan fingerprint density at radius 3 is 2.44 bits per heavy atom. The molecule has 1 aromatic rings. The summed E-state index contributed by atoms with van der Waals surface area (Å²) in [6.45, 7) is 3.29. The van der Waals surface area contributed by atoms with Gasteiger partial charge in [-0.25, -0.2) is 0 Å². The molecule has 88 valence electrons. The Balaban J connectivity index is 2.48. The largest absolute Gasteiger partial charge is 0.399 e. The number of hydrogen-bond donors (Lipinski definition) is 2. The van der Waals surface area contributed by atoms with Crippen LogP contribution >= 0.6 is 0 Å². The first-order valence-electron chi connectivity index (χ1n) is 5.31. The van der Waals surface area contributed by atoms with Crippen LogP contribution in [-0.4, -0.2) is 24.4 Å². The number of nitrogen functional groups attached to an aromatic ring is 1. The van der Waals surface area contributed by atoms with Crippen LogP contribution in [0.25, 0.3) is 0 Å². The summed E-state index contributed by atoms with van der Waals surface area (Å²) in [7, 11) is 1.97. The van der Waals surface area contributed by atoms with E-state index < -0.39 is 0 Å². The third-order valence-corrected chi connectivity index (χ3v) is 2.50. The van der Waals surface area contributed by atoms with E-state index >= 15 is 0 Å². The minimum atomic E-state index is -0.260. The maximum atomic E-state index is 10.9. The zero-order valence-corrected chi connectivity index (χ0v) is 9.81. The van der Waals surface area contributed by atoms with E-state index in [2.05, 4.69) is 4.90 Å². The molecule has 1 aromatic carbocycles. The standard InChI is InChI=1S/C12H19N3O/c1-9(12(14)16)7-15(2)8-10-3-5-11(13)6-4-10/h3-6,9H,7-8,13H2,1-2H3,(H2,14,16). The van der Waals surface area contributed by atoms with Gasteiger partial charge in [0.15, 0.2) is 0 Å². The molecule has 4 nitrogen and oxygen atoms in total. The van der Waals surface area contributed by atoms with E-state index in [4.69, 9.17) is 11.5 Å². The summed E-state index contributed by atoms with van der Waals surface area (Å²) >= 11 is 0. The number of anilines is 1. The van der Waals surface area contributed by atoms with Gasteiger partial charge >= 0.3 is 0 Å². The van der Waals surface area contributed by atoms with Gasteiger partial charge in [0.25, 0.3) is 0 Å². The first-order chi connectivity index (χ1) is 7.49. The summed E-state index contributed by atoms with van der Waals surface area (Å²) in [5, 5.41) is 0. The van der Waals surface area contributed by atoms with E-state index in [0.717, 1.165) is 12.2 Å². The Morgan fingerprint density at radius 1 is 1.38 bits per heavy atom. The van der Waals surface area contributed by atoms with Crippen LogP contribution in [0.5, 0.6) is 0 Å². The fourth-order valence-corrected chi connectivity index (χ4v) is 1.56. The number of benzene rings is 1. The summed E-state index contributed by atoms with van der Waals surface area (Å²) in [5.74, 6) is -0.386. The van der Waals surface area contributed by atoms with Crippen LogP contribution in [-0.2, 0) is 11.3 Å². The number of carbonyl (C=O) groups excluding carboxylic acids is 1. The molecular formula is C12H19N3O. The highest BCUT2D eigenvalue weighted by molar-refractivity contribution is 5.76. The minimum Gasteiger partial charge on any atom is -0.399 e. The molecule has 0 fully saturated rings. The molecule has 1 atom stereocenters. The molecule has 0 spiro atoms. The fourth-order valence-electron chi connectivity index (χ4n) is 1.56. The molecular weight excluding hydrogens is 202 g/mol. The molecule has 1 amide bonds. The third kappa shape index (κ3) is 3.90. The summed E-state index contributed by atoms with van der Waals surface area (Å²) in [6, 6.07) is 7.73. The molecule has 0 saturated heterocycles. The Labute approximate surface area is 96.2 Å². The molecule has 16 heavy (non-hydrogen) atoms. The van der Waals surface area contributed by atoms with Crippen LogP contribution in [0.3, 0.4) is 0 Å². The van der Waals surface area contributed by atoms with Gasteiger partial charge in [0.2, 0.25) is 5.91 Å². The number of nitrogens with zero attached hydrogens (tertiary/aromatic N) is 1. The topological polar surface area (TPSA) is 72.3 Å². The Hall–Kier alpha value is -1.55. The normalized spacial score (nSPS) is 12.7. The third-order valence-electron chi connectivity index (χ3n) is 2.50. The number of nitrogens with two attached hydrogens (primary N) is 2. The summed E-state index contributed by atoms with van der Waals surface area (Å²) in [6.07, 6.45) is 0. The highest BCUT2D eigenvalue weighted by Gasteiger charge is 2.11. The molecule has 0 radical (unpaired) electrons. The number of amides is 1. The highest BCUT2D eigenvalue weighted by atomic mass is 16.1. The zero-order valence-electron chi connectivity index (χ0n) is 9.81. The molecule has 0 aliphatic carbocycles. The van der Waals surface area contributed by atoms with Gasteiger partial charge in [-0.2, -0.15) is 0 Å². The predicted octanol–water partition coefficient (Wildman–Crippen LogP) is 0.822. The Bertz CT molecular complexity index is 348. The average molecular weight is 221 g/mol. The number of rotatable bonds is 5. The monoisotopic (exact) mass is 221 g/mol. The van der Waals surface area contributed by atoms with E-state index in [1.165, 1.54) is 5.56 Å². The molecule has 0 aromatic heterocycles. The lowest BCUT2D eigenvalue weighted by atomic mass is 10.1. The molecule has 0 aliphatic rings. The minimum absolute atomic E-state index is 0.126. The van der Waals surface area contributed by atoms with Crippen molar-refractivity contribution in [1.82, 2.24) is 4.90 Å². The number of hydrogen-bond acceptors (Lipinski definition) is 3. The molecule has 1 unspecified atom stereocenters. The van der Waals surface area contributed by atoms with Crippen molar-refractivity contribution in [3.05, 3.63) is 29.8 Å². The van der Waals surface area contributed by atoms with Crippen molar-refractivity contribution in [2.75, 3.05) is 19.3 Å². The predicted molar refractivity (Wildman–Crippen MR) is 65.5 cm³/mol. The van der Waals surface area contributed by atoms with Gasteiger partial charge in [-0.1, -0.05) is 19.1 Å². The number of carbonyl (C=O) groups is 1. The maximum absolute atomic E-state index is 10.9. The van der Waals surface area contributed by atoms with Crippen molar-refractivity contribution in [1.29, 1.82) is 0 Å². The van der Waals surface area contributed by atoms with Crippen LogP contribution in [0.2, 0.25) is 0 Å².